The van der Waals surface area contributed by atoms with Gasteiger partial charge in [0.1, 0.15) is 16.3 Å². The van der Waals surface area contributed by atoms with Gasteiger partial charge in [-0.05, 0) is 49.6 Å². The summed E-state index contributed by atoms with van der Waals surface area (Å²) in [6.07, 6.45) is -1.65. The highest BCUT2D eigenvalue weighted by molar-refractivity contribution is 9.14. The molecular weight excluding hydrogens is 368 g/mol. The summed E-state index contributed by atoms with van der Waals surface area (Å²) in [4.78, 5) is 11.3. The van der Waals surface area contributed by atoms with Gasteiger partial charge in [0.2, 0.25) is 0 Å². The highest BCUT2D eigenvalue weighted by atomic mass is 79.9. The van der Waals surface area contributed by atoms with Gasteiger partial charge in [-0.1, -0.05) is 12.1 Å². The van der Waals surface area contributed by atoms with Gasteiger partial charge in [0, 0.05) is 0 Å². The van der Waals surface area contributed by atoms with Crippen LogP contribution in [0.5, 0.6) is 5.75 Å². The van der Waals surface area contributed by atoms with E-state index in [-0.39, 0.29) is 0 Å². The maximum atomic E-state index is 11.3. The van der Waals surface area contributed by atoms with Crippen LogP contribution in [0.1, 0.15) is 11.7 Å². The quantitative estimate of drug-likeness (QED) is 0.823. The summed E-state index contributed by atoms with van der Waals surface area (Å²) in [5, 5.41) is 10.2. The van der Waals surface area contributed by atoms with Gasteiger partial charge in [-0.2, -0.15) is 0 Å². The van der Waals surface area contributed by atoms with E-state index in [2.05, 4.69) is 31.9 Å². The number of hydrogen-bond donors (Lipinski definition) is 1. The Morgan fingerprint density at radius 1 is 1.33 bits per heavy atom. The number of aliphatic hydroxyl groups excluding tert-OH is 1. The van der Waals surface area contributed by atoms with E-state index in [0.717, 1.165) is 0 Å². The summed E-state index contributed by atoms with van der Waals surface area (Å²) in [6.45, 7) is 0. The Bertz CT molecular complexity index is 495. The maximum absolute atomic E-state index is 11.3. The van der Waals surface area contributed by atoms with Crippen molar-refractivity contribution in [3.63, 3.8) is 0 Å². The van der Waals surface area contributed by atoms with Crippen LogP contribution in [-0.2, 0) is 9.53 Å². The van der Waals surface area contributed by atoms with Crippen molar-refractivity contribution in [3.05, 3.63) is 38.8 Å². The first-order valence-corrected chi connectivity index (χ1v) is 6.71. The smallest absolute Gasteiger partial charge is 0.346 e. The molecule has 1 aliphatic heterocycles. The minimum Gasteiger partial charge on any atom is -0.497 e. The van der Waals surface area contributed by atoms with Gasteiger partial charge < -0.3 is 14.6 Å². The molecule has 1 heterocycles. The molecule has 1 aliphatic rings. The lowest BCUT2D eigenvalue weighted by Crippen LogP contribution is -2.20. The molecule has 4 nitrogen and oxygen atoms in total. The van der Waals surface area contributed by atoms with Crippen LogP contribution in [0.15, 0.2) is 33.2 Å². The molecule has 0 fully saturated rings. The van der Waals surface area contributed by atoms with Crippen molar-refractivity contribution in [1.29, 1.82) is 0 Å². The number of aliphatic hydroxyl groups is 1. The third-order valence-corrected chi connectivity index (χ3v) is 4.75. The van der Waals surface area contributed by atoms with Crippen molar-refractivity contribution in [2.24, 2.45) is 0 Å². The number of halogens is 2. The Labute approximate surface area is 121 Å². The summed E-state index contributed by atoms with van der Waals surface area (Å²) in [5.74, 6) is 0.213. The predicted octanol–water partition coefficient (Wildman–Crippen LogP) is 2.66. The third kappa shape index (κ3) is 2.46. The highest BCUT2D eigenvalue weighted by Crippen LogP contribution is 2.38. The van der Waals surface area contributed by atoms with Gasteiger partial charge >= 0.3 is 5.97 Å². The number of esters is 1. The summed E-state index contributed by atoms with van der Waals surface area (Å²) < 4.78 is 10.9. The molecule has 1 N–H and O–H groups in total. The molecule has 0 aromatic heterocycles. The lowest BCUT2D eigenvalue weighted by atomic mass is 10.0. The van der Waals surface area contributed by atoms with Crippen LogP contribution in [0.25, 0.3) is 0 Å². The maximum Gasteiger partial charge on any atom is 0.346 e. The van der Waals surface area contributed by atoms with Gasteiger partial charge in [-0.25, -0.2) is 4.79 Å². The molecule has 0 spiro atoms. The molecule has 2 rings (SSSR count). The minimum atomic E-state index is -0.927. The second kappa shape index (κ2) is 5.42. The zero-order valence-electron chi connectivity index (χ0n) is 9.39. The highest BCUT2D eigenvalue weighted by Gasteiger charge is 2.36. The number of methoxy groups -OCH3 is 1. The van der Waals surface area contributed by atoms with Crippen LogP contribution in [0, 0.1) is 0 Å². The van der Waals surface area contributed by atoms with Gasteiger partial charge in [0.15, 0.2) is 6.10 Å². The lowest BCUT2D eigenvalue weighted by Gasteiger charge is -2.18. The van der Waals surface area contributed by atoms with E-state index in [1.807, 2.05) is 0 Å². The summed E-state index contributed by atoms with van der Waals surface area (Å²) in [5.41, 5.74) is 0.646. The van der Waals surface area contributed by atoms with Gasteiger partial charge in [0.05, 0.1) is 11.6 Å². The zero-order chi connectivity index (χ0) is 13.3. The number of hydrogen-bond acceptors (Lipinski definition) is 4. The molecular formula is C12H10Br2O4. The Morgan fingerprint density at radius 3 is 2.39 bits per heavy atom. The van der Waals surface area contributed by atoms with Crippen molar-refractivity contribution >= 4 is 37.8 Å². The number of ether oxygens (including phenoxy) is 2. The fourth-order valence-corrected chi connectivity index (χ4v) is 2.44. The van der Waals surface area contributed by atoms with E-state index in [9.17, 15) is 9.90 Å². The zero-order valence-corrected chi connectivity index (χ0v) is 12.6. The van der Waals surface area contributed by atoms with E-state index < -0.39 is 18.2 Å². The van der Waals surface area contributed by atoms with Gasteiger partial charge in [-0.15, -0.1) is 0 Å². The largest absolute Gasteiger partial charge is 0.497 e. The lowest BCUT2D eigenvalue weighted by molar-refractivity contribution is -0.143. The summed E-state index contributed by atoms with van der Waals surface area (Å²) in [6, 6.07) is 6.93. The van der Waals surface area contributed by atoms with Crippen LogP contribution in [0.4, 0.5) is 0 Å². The Morgan fingerprint density at radius 2 is 1.94 bits per heavy atom. The average molecular weight is 378 g/mol. The van der Waals surface area contributed by atoms with Crippen LogP contribution in [-0.4, -0.2) is 24.3 Å². The molecule has 1 aromatic rings. The van der Waals surface area contributed by atoms with Crippen molar-refractivity contribution in [2.45, 2.75) is 12.2 Å². The van der Waals surface area contributed by atoms with Gasteiger partial charge in [-0.3, -0.25) is 0 Å². The van der Waals surface area contributed by atoms with Crippen LogP contribution in [0.2, 0.25) is 0 Å². The van der Waals surface area contributed by atoms with E-state index in [1.54, 1.807) is 31.4 Å². The van der Waals surface area contributed by atoms with Crippen LogP contribution < -0.4 is 4.74 Å². The second-order valence-electron chi connectivity index (χ2n) is 3.71. The number of rotatable bonds is 3. The molecule has 0 aliphatic carbocycles. The number of carbonyl (C=O) groups is 1. The summed E-state index contributed by atoms with van der Waals surface area (Å²) >= 11 is 6.34. The molecule has 0 saturated carbocycles. The third-order valence-electron chi connectivity index (χ3n) is 2.62. The monoisotopic (exact) mass is 376 g/mol. The van der Waals surface area contributed by atoms with Crippen molar-refractivity contribution < 1.29 is 19.4 Å². The van der Waals surface area contributed by atoms with Crippen LogP contribution in [0.3, 0.4) is 0 Å². The normalized spacial score (nSPS) is 20.9. The standard InChI is InChI=1S/C12H10Br2O4/c1-17-7-4-2-6(3-5-7)10(15)11-8(13)9(14)12(16)18-11/h2-5,10-11,15H,1H3/t10-,11-/m1/s1. The number of cyclic esters (lactones) is 1. The van der Waals surface area contributed by atoms with Crippen molar-refractivity contribution in [3.8, 4) is 5.75 Å². The number of carbonyl (C=O) groups excluding carboxylic acids is 1. The Kier molecular flexibility index (Phi) is 4.09. The molecule has 18 heavy (non-hydrogen) atoms. The molecule has 1 aromatic carbocycles. The first-order valence-electron chi connectivity index (χ1n) is 5.12. The Balaban J connectivity index is 2.21. The predicted molar refractivity (Wildman–Crippen MR) is 72.7 cm³/mol. The molecule has 0 radical (unpaired) electrons. The van der Waals surface area contributed by atoms with Crippen molar-refractivity contribution in [2.75, 3.05) is 7.11 Å². The van der Waals surface area contributed by atoms with E-state index in [0.29, 0.717) is 20.3 Å². The fraction of sp³-hybridized carbons (Fsp3) is 0.250. The van der Waals surface area contributed by atoms with Crippen molar-refractivity contribution in [1.82, 2.24) is 0 Å². The topological polar surface area (TPSA) is 55.8 Å². The molecule has 0 saturated heterocycles. The van der Waals surface area contributed by atoms with Crippen LogP contribution >= 0.6 is 31.9 Å². The average Bonchev–Trinajstić information content (AvgIpc) is 2.66. The van der Waals surface area contributed by atoms with E-state index in [4.69, 9.17) is 9.47 Å². The Hall–Kier alpha value is -0.850. The molecule has 0 bridgehead atoms. The fourth-order valence-electron chi connectivity index (χ4n) is 1.62. The van der Waals surface area contributed by atoms with Gasteiger partial charge in [0.25, 0.3) is 0 Å². The minimum absolute atomic E-state index is 0.306. The first kappa shape index (κ1) is 13.6. The molecule has 0 unspecified atom stereocenters. The number of benzene rings is 1. The summed E-state index contributed by atoms with van der Waals surface area (Å²) in [7, 11) is 1.57. The molecule has 0 amide bonds. The van der Waals surface area contributed by atoms with E-state index >= 15 is 0 Å². The second-order valence-corrected chi connectivity index (χ2v) is 5.35. The molecule has 2 atom stereocenters. The SMILES string of the molecule is COc1ccc([C@@H](O)[C@@H]2OC(=O)C(Br)=C2Br)cc1. The first-order chi connectivity index (χ1) is 8.54. The van der Waals surface area contributed by atoms with E-state index in [1.165, 1.54) is 0 Å². The molecule has 96 valence electrons. The molecule has 6 heteroatoms.